The molecule has 0 radical (unpaired) electrons. The van der Waals surface area contributed by atoms with Gasteiger partial charge in [-0.3, -0.25) is 9.78 Å². The molecule has 3 rings (SSSR count). The van der Waals surface area contributed by atoms with Gasteiger partial charge in [-0.25, -0.2) is 0 Å². The zero-order valence-corrected chi connectivity index (χ0v) is 19.3. The van der Waals surface area contributed by atoms with E-state index in [-0.39, 0.29) is 17.9 Å². The highest BCUT2D eigenvalue weighted by molar-refractivity contribution is 6.30. The molecule has 2 unspecified atom stereocenters. The van der Waals surface area contributed by atoms with E-state index in [4.69, 9.17) is 27.9 Å². The number of pyridine rings is 1. The zero-order valence-electron chi connectivity index (χ0n) is 17.8. The van der Waals surface area contributed by atoms with E-state index in [9.17, 15) is 4.79 Å². The van der Waals surface area contributed by atoms with E-state index in [1.807, 2.05) is 55.5 Å². The van der Waals surface area contributed by atoms with Crippen LogP contribution in [-0.2, 0) is 11.2 Å². The standard InChI is InChI=1S/C25H26Cl2N2O2/c1-17(29-24(30)25(2,3)31-22-5-4-14-28-16-22)23(19-8-12-21(27)13-9-19)15-18-6-10-20(26)11-7-18/h4-14,16-17,23H,15H2,1-3H3,(H,29,30). The van der Waals surface area contributed by atoms with Crippen molar-refractivity contribution in [2.24, 2.45) is 0 Å². The lowest BCUT2D eigenvalue weighted by Crippen LogP contribution is -2.51. The molecule has 1 heterocycles. The second kappa shape index (κ2) is 10.2. The number of benzene rings is 2. The Morgan fingerprint density at radius 2 is 1.65 bits per heavy atom. The molecule has 0 fully saturated rings. The molecule has 0 aliphatic heterocycles. The molecule has 0 aliphatic carbocycles. The van der Waals surface area contributed by atoms with E-state index < -0.39 is 5.60 Å². The lowest BCUT2D eigenvalue weighted by molar-refractivity contribution is -0.135. The molecule has 31 heavy (non-hydrogen) atoms. The molecule has 0 aliphatic rings. The third-order valence-corrected chi connectivity index (χ3v) is 5.69. The average molecular weight is 457 g/mol. The van der Waals surface area contributed by atoms with Crippen molar-refractivity contribution in [2.45, 2.75) is 44.8 Å². The van der Waals surface area contributed by atoms with E-state index in [0.717, 1.165) is 17.5 Å². The van der Waals surface area contributed by atoms with Crippen LogP contribution in [0.1, 0.15) is 37.8 Å². The molecular formula is C25H26Cl2N2O2. The Morgan fingerprint density at radius 1 is 1.03 bits per heavy atom. The quantitative estimate of drug-likeness (QED) is 0.446. The van der Waals surface area contributed by atoms with Crippen molar-refractivity contribution in [3.8, 4) is 5.75 Å². The number of aromatic nitrogens is 1. The summed E-state index contributed by atoms with van der Waals surface area (Å²) in [5.74, 6) is 0.390. The smallest absolute Gasteiger partial charge is 0.263 e. The summed E-state index contributed by atoms with van der Waals surface area (Å²) in [5, 5.41) is 4.52. The molecule has 1 aromatic heterocycles. The maximum Gasteiger partial charge on any atom is 0.263 e. The summed E-state index contributed by atoms with van der Waals surface area (Å²) in [6.45, 7) is 5.50. The number of amides is 1. The van der Waals surface area contributed by atoms with E-state index in [1.54, 1.807) is 38.4 Å². The van der Waals surface area contributed by atoms with Crippen molar-refractivity contribution in [2.75, 3.05) is 0 Å². The summed E-state index contributed by atoms with van der Waals surface area (Å²) in [6.07, 6.45) is 4.00. The number of hydrogen-bond donors (Lipinski definition) is 1. The van der Waals surface area contributed by atoms with E-state index in [2.05, 4.69) is 10.3 Å². The molecule has 1 N–H and O–H groups in total. The number of carbonyl (C=O) groups is 1. The molecule has 2 aromatic carbocycles. The molecular weight excluding hydrogens is 431 g/mol. The van der Waals surface area contributed by atoms with Gasteiger partial charge in [0.2, 0.25) is 0 Å². The predicted octanol–water partition coefficient (Wildman–Crippen LogP) is 6.08. The molecule has 1 amide bonds. The number of nitrogens with one attached hydrogen (secondary N) is 1. The van der Waals surface area contributed by atoms with Gasteiger partial charge in [0.1, 0.15) is 5.75 Å². The van der Waals surface area contributed by atoms with Crippen LogP contribution in [-0.4, -0.2) is 22.5 Å². The Balaban J connectivity index is 1.78. The highest BCUT2D eigenvalue weighted by Gasteiger charge is 2.33. The zero-order chi connectivity index (χ0) is 22.4. The van der Waals surface area contributed by atoms with E-state index in [1.165, 1.54) is 0 Å². The van der Waals surface area contributed by atoms with Gasteiger partial charge in [-0.05, 0) is 74.7 Å². The van der Waals surface area contributed by atoms with Crippen molar-refractivity contribution in [1.29, 1.82) is 0 Å². The third kappa shape index (κ3) is 6.46. The van der Waals surface area contributed by atoms with Gasteiger partial charge in [-0.1, -0.05) is 47.5 Å². The van der Waals surface area contributed by atoms with Crippen molar-refractivity contribution in [3.05, 3.63) is 94.2 Å². The van der Waals surface area contributed by atoms with Crippen LogP contribution >= 0.6 is 23.2 Å². The first-order valence-electron chi connectivity index (χ1n) is 10.1. The second-order valence-electron chi connectivity index (χ2n) is 8.05. The molecule has 6 heteroatoms. The molecule has 162 valence electrons. The highest BCUT2D eigenvalue weighted by Crippen LogP contribution is 2.27. The maximum absolute atomic E-state index is 13.1. The second-order valence-corrected chi connectivity index (χ2v) is 8.92. The minimum atomic E-state index is -1.05. The van der Waals surface area contributed by atoms with Crippen molar-refractivity contribution in [3.63, 3.8) is 0 Å². The van der Waals surface area contributed by atoms with Gasteiger partial charge < -0.3 is 10.1 Å². The van der Waals surface area contributed by atoms with Crippen LogP contribution in [0.4, 0.5) is 0 Å². The number of ether oxygens (including phenoxy) is 1. The Morgan fingerprint density at radius 3 is 2.23 bits per heavy atom. The van der Waals surface area contributed by atoms with Crippen LogP contribution in [0.5, 0.6) is 5.75 Å². The van der Waals surface area contributed by atoms with Crippen LogP contribution in [0.3, 0.4) is 0 Å². The SMILES string of the molecule is CC(NC(=O)C(C)(C)Oc1cccnc1)C(Cc1ccc(Cl)cc1)c1ccc(Cl)cc1. The number of nitrogens with zero attached hydrogens (tertiary/aromatic N) is 1. The summed E-state index contributed by atoms with van der Waals surface area (Å²) in [5.41, 5.74) is 1.18. The normalized spacial score (nSPS) is 13.3. The lowest BCUT2D eigenvalue weighted by Gasteiger charge is -2.31. The van der Waals surface area contributed by atoms with Gasteiger partial charge in [-0.2, -0.15) is 0 Å². The largest absolute Gasteiger partial charge is 0.476 e. The Hall–Kier alpha value is -2.56. The summed E-state index contributed by atoms with van der Waals surface area (Å²) in [4.78, 5) is 17.1. The van der Waals surface area contributed by atoms with Crippen LogP contribution < -0.4 is 10.1 Å². The van der Waals surface area contributed by atoms with Gasteiger partial charge in [0.15, 0.2) is 5.60 Å². The predicted molar refractivity (Wildman–Crippen MR) is 126 cm³/mol. The van der Waals surface area contributed by atoms with Crippen molar-refractivity contribution >= 4 is 29.1 Å². The fraction of sp³-hybridized carbons (Fsp3) is 0.280. The summed E-state index contributed by atoms with van der Waals surface area (Å²) >= 11 is 12.1. The minimum Gasteiger partial charge on any atom is -0.476 e. The van der Waals surface area contributed by atoms with Gasteiger partial charge in [-0.15, -0.1) is 0 Å². The van der Waals surface area contributed by atoms with Gasteiger partial charge in [0.05, 0.1) is 6.20 Å². The van der Waals surface area contributed by atoms with Gasteiger partial charge in [0, 0.05) is 28.2 Å². The van der Waals surface area contributed by atoms with E-state index >= 15 is 0 Å². The first-order valence-corrected chi connectivity index (χ1v) is 10.9. The molecule has 4 nitrogen and oxygen atoms in total. The van der Waals surface area contributed by atoms with Crippen molar-refractivity contribution < 1.29 is 9.53 Å². The highest BCUT2D eigenvalue weighted by atomic mass is 35.5. The van der Waals surface area contributed by atoms with Crippen LogP contribution in [0.25, 0.3) is 0 Å². The minimum absolute atomic E-state index is 0.0385. The summed E-state index contributed by atoms with van der Waals surface area (Å²) < 4.78 is 5.89. The fourth-order valence-corrected chi connectivity index (χ4v) is 3.65. The van der Waals surface area contributed by atoms with Crippen molar-refractivity contribution in [1.82, 2.24) is 10.3 Å². The number of carbonyl (C=O) groups excluding carboxylic acids is 1. The molecule has 0 bridgehead atoms. The number of hydrogen-bond acceptors (Lipinski definition) is 3. The topological polar surface area (TPSA) is 51.2 Å². The maximum atomic E-state index is 13.1. The first kappa shape index (κ1) is 23.1. The molecule has 2 atom stereocenters. The van der Waals surface area contributed by atoms with Crippen LogP contribution in [0, 0.1) is 0 Å². The summed E-state index contributed by atoms with van der Waals surface area (Å²) in [6, 6.07) is 18.9. The lowest BCUT2D eigenvalue weighted by atomic mass is 9.86. The Kier molecular flexibility index (Phi) is 7.58. The average Bonchev–Trinajstić information content (AvgIpc) is 2.74. The van der Waals surface area contributed by atoms with E-state index in [0.29, 0.717) is 15.8 Å². The third-order valence-electron chi connectivity index (χ3n) is 5.18. The monoisotopic (exact) mass is 456 g/mol. The summed E-state index contributed by atoms with van der Waals surface area (Å²) in [7, 11) is 0. The molecule has 0 saturated heterocycles. The first-order chi connectivity index (χ1) is 14.7. The molecule has 0 spiro atoms. The Labute approximate surface area is 193 Å². The molecule has 0 saturated carbocycles. The van der Waals surface area contributed by atoms with Crippen LogP contribution in [0.15, 0.2) is 73.1 Å². The van der Waals surface area contributed by atoms with Gasteiger partial charge >= 0.3 is 0 Å². The molecule has 3 aromatic rings. The fourth-order valence-electron chi connectivity index (χ4n) is 3.40. The number of halogens is 2. The van der Waals surface area contributed by atoms with Crippen LogP contribution in [0.2, 0.25) is 10.0 Å². The Bertz CT molecular complexity index is 990. The number of rotatable bonds is 8. The van der Waals surface area contributed by atoms with Gasteiger partial charge in [0.25, 0.3) is 5.91 Å².